The van der Waals surface area contributed by atoms with Gasteiger partial charge in [0.15, 0.2) is 17.3 Å². The lowest BCUT2D eigenvalue weighted by atomic mass is 9.99. The topological polar surface area (TPSA) is 200 Å². The Labute approximate surface area is 190 Å². The van der Waals surface area contributed by atoms with Gasteiger partial charge in [0.05, 0.1) is 6.61 Å². The lowest BCUT2D eigenvalue weighted by Crippen LogP contribution is -2.60. The first-order valence-electron chi connectivity index (χ1n) is 10.2. The molecule has 2 aliphatic heterocycles. The number of phenols is 3. The third-order valence-corrected chi connectivity index (χ3v) is 5.87. The molecule has 34 heavy (non-hydrogen) atoms. The smallest absolute Gasteiger partial charge is 0.239 e. The van der Waals surface area contributed by atoms with Crippen molar-refractivity contribution in [2.24, 2.45) is 0 Å². The highest BCUT2D eigenvalue weighted by molar-refractivity contribution is 5.89. The number of aliphatic hydroxyl groups excluding tert-OH is 4. The number of aromatic hydroxyl groups is 3. The van der Waals surface area contributed by atoms with Crippen molar-refractivity contribution in [3.8, 4) is 40.1 Å². The number of ether oxygens (including phenoxy) is 3. The Balaban J connectivity index is 1.58. The maximum atomic E-state index is 13.0. The van der Waals surface area contributed by atoms with Gasteiger partial charge >= 0.3 is 0 Å². The fourth-order valence-electron chi connectivity index (χ4n) is 4.06. The second kappa shape index (κ2) is 8.04. The fraction of sp³-hybridized carbons (Fsp3) is 0.318. The quantitative estimate of drug-likeness (QED) is 0.243. The molecule has 0 aliphatic carbocycles. The average Bonchev–Trinajstić information content (AvgIpc) is 2.81. The Kier molecular flexibility index (Phi) is 5.26. The van der Waals surface area contributed by atoms with E-state index in [4.69, 9.17) is 18.6 Å². The number of fused-ring (bicyclic) bond motifs is 4. The van der Waals surface area contributed by atoms with E-state index in [-0.39, 0.29) is 46.1 Å². The van der Waals surface area contributed by atoms with Crippen LogP contribution in [0.5, 0.6) is 28.7 Å². The number of benzene rings is 2. The molecular weight excluding hydrogens is 456 g/mol. The summed E-state index contributed by atoms with van der Waals surface area (Å²) in [5, 5.41) is 69.5. The largest absolute Gasteiger partial charge is 0.507 e. The van der Waals surface area contributed by atoms with Crippen LogP contribution in [-0.2, 0) is 11.3 Å². The Morgan fingerprint density at radius 1 is 1.00 bits per heavy atom. The Morgan fingerprint density at radius 2 is 1.76 bits per heavy atom. The third-order valence-electron chi connectivity index (χ3n) is 5.87. The molecule has 0 spiro atoms. The molecule has 0 unspecified atom stereocenters. The van der Waals surface area contributed by atoms with Crippen molar-refractivity contribution >= 4 is 11.0 Å². The summed E-state index contributed by atoms with van der Waals surface area (Å²) in [5.41, 5.74) is -0.318. The Morgan fingerprint density at radius 3 is 2.50 bits per heavy atom. The van der Waals surface area contributed by atoms with E-state index in [0.717, 1.165) is 6.07 Å². The molecule has 1 fully saturated rings. The normalized spacial score (nSPS) is 25.9. The van der Waals surface area contributed by atoms with Crippen LogP contribution in [0.1, 0.15) is 5.56 Å². The van der Waals surface area contributed by atoms with E-state index in [1.165, 1.54) is 18.2 Å². The zero-order valence-electron chi connectivity index (χ0n) is 17.3. The van der Waals surface area contributed by atoms with Gasteiger partial charge in [-0.3, -0.25) is 4.79 Å². The summed E-state index contributed by atoms with van der Waals surface area (Å²) in [6.07, 6.45) is -7.68. The highest BCUT2D eigenvalue weighted by Crippen LogP contribution is 2.45. The van der Waals surface area contributed by atoms with E-state index >= 15 is 0 Å². The van der Waals surface area contributed by atoms with E-state index in [2.05, 4.69) is 0 Å². The maximum Gasteiger partial charge on any atom is 0.239 e. The summed E-state index contributed by atoms with van der Waals surface area (Å²) >= 11 is 0. The molecule has 1 aromatic heterocycles. The number of hydrogen-bond acceptors (Lipinski definition) is 12. The van der Waals surface area contributed by atoms with E-state index in [1.54, 1.807) is 0 Å². The van der Waals surface area contributed by atoms with Gasteiger partial charge in [0.1, 0.15) is 53.5 Å². The van der Waals surface area contributed by atoms with Gasteiger partial charge in [0.2, 0.25) is 17.5 Å². The molecule has 5 rings (SSSR count). The van der Waals surface area contributed by atoms with Crippen molar-refractivity contribution in [2.45, 2.75) is 37.3 Å². The van der Waals surface area contributed by atoms with Gasteiger partial charge in [-0.1, -0.05) is 0 Å². The standard InChI is InChI=1S/C22H20O12/c23-5-13-16(27)18(29)19(30)22(34-13)32-7-3-11(25)14-12(4-7)33-20-8-1-2-10(24)15(26)9(8)6-31-21(20)17(14)28/h1-4,13,16,18-19,22-27,29-30H,5-6H2/t13-,16-,18+,19-,22-/m1/s1. The third kappa shape index (κ3) is 3.31. The number of aliphatic hydroxyl groups is 4. The maximum absolute atomic E-state index is 13.0. The lowest BCUT2D eigenvalue weighted by molar-refractivity contribution is -0.277. The van der Waals surface area contributed by atoms with Gasteiger partial charge in [-0.15, -0.1) is 0 Å². The molecule has 12 nitrogen and oxygen atoms in total. The minimum absolute atomic E-state index is 0.0431. The summed E-state index contributed by atoms with van der Waals surface area (Å²) in [4.78, 5) is 13.0. The molecule has 0 saturated carbocycles. The molecule has 180 valence electrons. The van der Waals surface area contributed by atoms with Gasteiger partial charge in [0.25, 0.3) is 0 Å². The molecule has 5 atom stereocenters. The van der Waals surface area contributed by atoms with Crippen LogP contribution in [0, 0.1) is 0 Å². The van der Waals surface area contributed by atoms with Gasteiger partial charge in [-0.25, -0.2) is 0 Å². The molecule has 0 amide bonds. The van der Waals surface area contributed by atoms with Crippen LogP contribution in [0.15, 0.2) is 33.5 Å². The predicted molar refractivity (Wildman–Crippen MR) is 112 cm³/mol. The van der Waals surface area contributed by atoms with E-state index in [0.29, 0.717) is 5.56 Å². The van der Waals surface area contributed by atoms with Gasteiger partial charge in [-0.2, -0.15) is 0 Å². The van der Waals surface area contributed by atoms with Gasteiger partial charge in [0, 0.05) is 23.3 Å². The number of phenolic OH excluding ortho intramolecular Hbond substituents is 3. The Bertz CT molecular complexity index is 1330. The summed E-state index contributed by atoms with van der Waals surface area (Å²) in [6.45, 7) is -0.867. The molecule has 3 aromatic rings. The molecule has 2 aliphatic rings. The number of hydrogen-bond donors (Lipinski definition) is 7. The highest BCUT2D eigenvalue weighted by Gasteiger charge is 2.44. The molecule has 12 heteroatoms. The van der Waals surface area contributed by atoms with E-state index in [1.807, 2.05) is 0 Å². The first-order chi connectivity index (χ1) is 16.2. The first-order valence-corrected chi connectivity index (χ1v) is 10.2. The first kappa shape index (κ1) is 22.3. The minimum Gasteiger partial charge on any atom is -0.507 e. The molecule has 2 aromatic carbocycles. The Hall–Kier alpha value is -3.55. The van der Waals surface area contributed by atoms with Crippen LogP contribution in [0.3, 0.4) is 0 Å². The zero-order chi connectivity index (χ0) is 24.3. The zero-order valence-corrected chi connectivity index (χ0v) is 17.3. The van der Waals surface area contributed by atoms with Crippen molar-refractivity contribution in [2.75, 3.05) is 6.61 Å². The predicted octanol–water partition coefficient (Wildman–Crippen LogP) is -0.352. The fourth-order valence-corrected chi connectivity index (χ4v) is 4.06. The lowest BCUT2D eigenvalue weighted by Gasteiger charge is -2.39. The molecule has 7 N–H and O–H groups in total. The minimum atomic E-state index is -1.69. The van der Waals surface area contributed by atoms with Crippen LogP contribution < -0.4 is 14.9 Å². The van der Waals surface area contributed by atoms with Crippen LogP contribution >= 0.6 is 0 Å². The second-order valence-electron chi connectivity index (χ2n) is 7.97. The molecule has 3 heterocycles. The van der Waals surface area contributed by atoms with Crippen molar-refractivity contribution in [3.05, 3.63) is 40.1 Å². The molecular formula is C22H20O12. The van der Waals surface area contributed by atoms with Gasteiger partial charge < -0.3 is 54.4 Å². The van der Waals surface area contributed by atoms with Crippen LogP contribution in [0.25, 0.3) is 22.3 Å². The van der Waals surface area contributed by atoms with Crippen molar-refractivity contribution in [1.82, 2.24) is 0 Å². The molecule has 0 radical (unpaired) electrons. The van der Waals surface area contributed by atoms with Crippen molar-refractivity contribution in [1.29, 1.82) is 0 Å². The summed E-state index contributed by atoms with van der Waals surface area (Å²) < 4.78 is 22.1. The van der Waals surface area contributed by atoms with Gasteiger partial charge in [-0.05, 0) is 12.1 Å². The highest BCUT2D eigenvalue weighted by atomic mass is 16.7. The SMILES string of the molecule is O=c1c2c(oc3cc(O[C@@H]4O[C@H](CO)[C@@H](O)[C@H](O)[C@H]4O)cc(O)c13)-c1ccc(O)c(O)c1CO2. The molecule has 1 saturated heterocycles. The van der Waals surface area contributed by atoms with Crippen LogP contribution in [0.4, 0.5) is 0 Å². The van der Waals surface area contributed by atoms with Crippen molar-refractivity contribution in [3.63, 3.8) is 0 Å². The average molecular weight is 476 g/mol. The second-order valence-corrected chi connectivity index (χ2v) is 7.97. The van der Waals surface area contributed by atoms with E-state index in [9.17, 15) is 40.5 Å². The summed E-state index contributed by atoms with van der Waals surface area (Å²) in [5.74, 6) is -1.68. The van der Waals surface area contributed by atoms with Crippen molar-refractivity contribution < 1.29 is 54.4 Å². The number of rotatable bonds is 3. The summed E-state index contributed by atoms with van der Waals surface area (Å²) in [7, 11) is 0. The molecule has 0 bridgehead atoms. The monoisotopic (exact) mass is 476 g/mol. The van der Waals surface area contributed by atoms with Crippen LogP contribution in [0.2, 0.25) is 0 Å². The van der Waals surface area contributed by atoms with Crippen LogP contribution in [-0.4, -0.2) is 73.1 Å². The van der Waals surface area contributed by atoms with E-state index < -0.39 is 54.2 Å². The summed E-state index contributed by atoms with van der Waals surface area (Å²) in [6, 6.07) is 4.96.